The number of hydrogen-bond acceptors (Lipinski definition) is 6. The van der Waals surface area contributed by atoms with Gasteiger partial charge in [0.05, 0.1) is 24.8 Å². The fourth-order valence-electron chi connectivity index (χ4n) is 4.98. The molecule has 0 aromatic heterocycles. The van der Waals surface area contributed by atoms with Gasteiger partial charge in [0.1, 0.15) is 24.1 Å². The van der Waals surface area contributed by atoms with Gasteiger partial charge in [-0.25, -0.2) is 8.42 Å². The Labute approximate surface area is 286 Å². The van der Waals surface area contributed by atoms with E-state index in [9.17, 15) is 18.0 Å². The fourth-order valence-corrected chi connectivity index (χ4v) is 6.87. The predicted molar refractivity (Wildman–Crippen MR) is 185 cm³/mol. The van der Waals surface area contributed by atoms with Crippen molar-refractivity contribution in [2.45, 2.75) is 37.2 Å². The summed E-state index contributed by atoms with van der Waals surface area (Å²) in [5, 5.41) is 3.63. The molecule has 0 aliphatic heterocycles. The van der Waals surface area contributed by atoms with Crippen LogP contribution in [0.3, 0.4) is 0 Å². The maximum Gasteiger partial charge on any atom is 0.264 e. The van der Waals surface area contributed by atoms with Gasteiger partial charge in [-0.05, 0) is 66.1 Å². The number of carbonyl (C=O) groups excluding carboxylic acids is 2. The van der Waals surface area contributed by atoms with Gasteiger partial charge >= 0.3 is 0 Å². The van der Waals surface area contributed by atoms with Crippen LogP contribution in [-0.4, -0.2) is 58.5 Å². The van der Waals surface area contributed by atoms with Crippen molar-refractivity contribution in [3.8, 4) is 11.5 Å². The molecule has 47 heavy (non-hydrogen) atoms. The molecule has 0 aliphatic rings. The minimum absolute atomic E-state index is 0.0640. The molecule has 0 radical (unpaired) electrons. The Balaban J connectivity index is 1.84. The van der Waals surface area contributed by atoms with E-state index in [0.717, 1.165) is 9.87 Å². The minimum atomic E-state index is -4.34. The van der Waals surface area contributed by atoms with Gasteiger partial charge in [0.15, 0.2) is 0 Å². The molecule has 0 bridgehead atoms. The summed E-state index contributed by atoms with van der Waals surface area (Å²) in [5.74, 6) is -0.300. The highest BCUT2D eigenvalue weighted by atomic mass is 35.5. The smallest absolute Gasteiger partial charge is 0.264 e. The van der Waals surface area contributed by atoms with E-state index in [4.69, 9.17) is 32.7 Å². The molecular formula is C35H37Cl2N3O6S. The van der Waals surface area contributed by atoms with Crippen molar-refractivity contribution in [3.63, 3.8) is 0 Å². The Morgan fingerprint density at radius 2 is 1.55 bits per heavy atom. The molecule has 0 saturated heterocycles. The average Bonchev–Trinajstić information content (AvgIpc) is 3.08. The molecule has 0 fully saturated rings. The monoisotopic (exact) mass is 697 g/mol. The van der Waals surface area contributed by atoms with Crippen LogP contribution in [0, 0.1) is 0 Å². The van der Waals surface area contributed by atoms with E-state index in [0.29, 0.717) is 34.3 Å². The van der Waals surface area contributed by atoms with Gasteiger partial charge in [0.25, 0.3) is 10.0 Å². The summed E-state index contributed by atoms with van der Waals surface area (Å²) in [6, 6.07) is 25.6. The molecule has 1 N–H and O–H groups in total. The van der Waals surface area contributed by atoms with E-state index >= 15 is 0 Å². The van der Waals surface area contributed by atoms with Crippen LogP contribution < -0.4 is 19.1 Å². The molecule has 0 heterocycles. The van der Waals surface area contributed by atoms with Gasteiger partial charge < -0.3 is 19.7 Å². The van der Waals surface area contributed by atoms with Crippen molar-refractivity contribution >= 4 is 50.7 Å². The molecule has 12 heteroatoms. The highest BCUT2D eigenvalue weighted by Crippen LogP contribution is 2.33. The zero-order valence-electron chi connectivity index (χ0n) is 26.4. The van der Waals surface area contributed by atoms with Crippen molar-refractivity contribution in [1.82, 2.24) is 10.2 Å². The Morgan fingerprint density at radius 3 is 2.19 bits per heavy atom. The second-order valence-electron chi connectivity index (χ2n) is 10.6. The first-order valence-corrected chi connectivity index (χ1v) is 17.1. The van der Waals surface area contributed by atoms with E-state index in [-0.39, 0.29) is 35.2 Å². The zero-order chi connectivity index (χ0) is 34.0. The maximum atomic E-state index is 14.6. The fraction of sp³-hybridized carbons (Fsp3) is 0.257. The van der Waals surface area contributed by atoms with Crippen LogP contribution in [0.2, 0.25) is 10.0 Å². The maximum absolute atomic E-state index is 14.6. The second kappa shape index (κ2) is 16.5. The van der Waals surface area contributed by atoms with Gasteiger partial charge in [0, 0.05) is 29.6 Å². The number of nitrogens with zero attached hydrogens (tertiary/aromatic N) is 2. The number of sulfonamides is 1. The number of ether oxygens (including phenoxy) is 2. The first kappa shape index (κ1) is 35.6. The molecular weight excluding hydrogens is 661 g/mol. The zero-order valence-corrected chi connectivity index (χ0v) is 28.7. The van der Waals surface area contributed by atoms with Crippen molar-refractivity contribution in [3.05, 3.63) is 118 Å². The lowest BCUT2D eigenvalue weighted by atomic mass is 10.0. The summed E-state index contributed by atoms with van der Waals surface area (Å²) in [4.78, 5) is 29.7. The molecule has 0 saturated carbocycles. The van der Waals surface area contributed by atoms with Crippen LogP contribution in [0.15, 0.2) is 102 Å². The second-order valence-corrected chi connectivity index (χ2v) is 13.3. The summed E-state index contributed by atoms with van der Waals surface area (Å²) >= 11 is 12.7. The van der Waals surface area contributed by atoms with Crippen molar-refractivity contribution < 1.29 is 27.5 Å². The Morgan fingerprint density at radius 1 is 0.872 bits per heavy atom. The number of halogens is 2. The van der Waals surface area contributed by atoms with Gasteiger partial charge in [-0.2, -0.15) is 0 Å². The highest BCUT2D eigenvalue weighted by molar-refractivity contribution is 7.92. The summed E-state index contributed by atoms with van der Waals surface area (Å²) in [5.41, 5.74) is 1.50. The van der Waals surface area contributed by atoms with E-state index in [1.165, 1.54) is 43.4 Å². The standard InChI is InChI=1S/C35H37Cl2N3O6S/c1-4-20-38-35(42)32(21-25-10-6-5-7-11-25)39(23-26-14-15-27(36)22-30(26)37)34(41)24-40(31-12-8-9-13-33(31)46-3)47(43,44)29-18-16-28(45-2)17-19-29/h5-19,22,32H,4,20-21,23-24H2,1-3H3,(H,38,42)/t32-/m0/s1. The third-order valence-corrected chi connectivity index (χ3v) is 9.82. The molecule has 4 rings (SSSR count). The van der Waals surface area contributed by atoms with Gasteiger partial charge in [-0.15, -0.1) is 0 Å². The van der Waals surface area contributed by atoms with Crippen LogP contribution in [0.1, 0.15) is 24.5 Å². The predicted octanol–water partition coefficient (Wildman–Crippen LogP) is 6.37. The largest absolute Gasteiger partial charge is 0.497 e. The topological polar surface area (TPSA) is 105 Å². The lowest BCUT2D eigenvalue weighted by Gasteiger charge is -2.34. The number of hydrogen-bond donors (Lipinski definition) is 1. The number of rotatable bonds is 15. The molecule has 0 spiro atoms. The van der Waals surface area contributed by atoms with E-state index in [1.54, 1.807) is 42.5 Å². The normalized spacial score (nSPS) is 11.8. The van der Waals surface area contributed by atoms with Crippen molar-refractivity contribution in [1.29, 1.82) is 0 Å². The molecule has 0 unspecified atom stereocenters. The van der Waals surface area contributed by atoms with Crippen LogP contribution >= 0.6 is 23.2 Å². The Hall–Kier alpha value is -4.25. The number of benzene rings is 4. The van der Waals surface area contributed by atoms with E-state index in [2.05, 4.69) is 5.32 Å². The molecule has 1 atom stereocenters. The number of amides is 2. The number of para-hydroxylation sites is 2. The van der Waals surface area contributed by atoms with Crippen molar-refractivity contribution in [2.75, 3.05) is 31.6 Å². The van der Waals surface area contributed by atoms with Gasteiger partial charge in [-0.3, -0.25) is 13.9 Å². The number of carbonyl (C=O) groups is 2. The van der Waals surface area contributed by atoms with Crippen LogP contribution in [0.5, 0.6) is 11.5 Å². The highest BCUT2D eigenvalue weighted by Gasteiger charge is 2.35. The van der Waals surface area contributed by atoms with Crippen LogP contribution in [0.25, 0.3) is 0 Å². The molecule has 4 aromatic carbocycles. The lowest BCUT2D eigenvalue weighted by molar-refractivity contribution is -0.140. The lowest BCUT2D eigenvalue weighted by Crippen LogP contribution is -2.53. The third kappa shape index (κ3) is 8.97. The number of methoxy groups -OCH3 is 2. The average molecular weight is 699 g/mol. The van der Waals surface area contributed by atoms with E-state index in [1.807, 2.05) is 37.3 Å². The van der Waals surface area contributed by atoms with Crippen molar-refractivity contribution in [2.24, 2.45) is 0 Å². The third-order valence-electron chi connectivity index (χ3n) is 7.46. The SMILES string of the molecule is CCCNC(=O)[C@H](Cc1ccccc1)N(Cc1ccc(Cl)cc1Cl)C(=O)CN(c1ccccc1OC)S(=O)(=O)c1ccc(OC)cc1. The molecule has 0 aliphatic carbocycles. The molecule has 248 valence electrons. The van der Waals surface area contributed by atoms with Crippen LogP contribution in [-0.2, 0) is 32.6 Å². The quantitative estimate of drug-likeness (QED) is 0.155. The molecule has 9 nitrogen and oxygen atoms in total. The van der Waals surface area contributed by atoms with Crippen LogP contribution in [0.4, 0.5) is 5.69 Å². The summed E-state index contributed by atoms with van der Waals surface area (Å²) < 4.78 is 40.3. The summed E-state index contributed by atoms with van der Waals surface area (Å²) in [6.07, 6.45) is 0.857. The Bertz CT molecular complexity index is 1770. The van der Waals surface area contributed by atoms with E-state index < -0.39 is 28.5 Å². The summed E-state index contributed by atoms with van der Waals surface area (Å²) in [7, 11) is -1.44. The Kier molecular flexibility index (Phi) is 12.5. The van der Waals surface area contributed by atoms with Gasteiger partial charge in [0.2, 0.25) is 11.8 Å². The summed E-state index contributed by atoms with van der Waals surface area (Å²) in [6.45, 7) is 1.59. The van der Waals surface area contributed by atoms with Gasteiger partial charge in [-0.1, -0.05) is 78.7 Å². The first-order valence-electron chi connectivity index (χ1n) is 14.9. The number of anilines is 1. The molecule has 2 amide bonds. The minimum Gasteiger partial charge on any atom is -0.497 e. The number of nitrogens with one attached hydrogen (secondary N) is 1. The first-order chi connectivity index (χ1) is 22.6. The molecule has 4 aromatic rings.